The fraction of sp³-hybridized carbons (Fsp3) is 0.0455. The summed E-state index contributed by atoms with van der Waals surface area (Å²) in [6, 6.07) is 20.9. The molecule has 0 amide bonds. The SMILES string of the molecule is O=C(Cn1c(=Nc2ccc(F)cc2)oc2ccccc2c1=O)c1ccccc1. The number of aromatic nitrogens is 1. The maximum absolute atomic E-state index is 13.2. The van der Waals surface area contributed by atoms with Crippen LogP contribution in [-0.4, -0.2) is 10.4 Å². The summed E-state index contributed by atoms with van der Waals surface area (Å²) in [5.41, 5.74) is 0.833. The second-order valence-electron chi connectivity index (χ2n) is 6.15. The molecule has 0 saturated carbocycles. The number of nitrogens with zero attached hydrogens (tertiary/aromatic N) is 2. The van der Waals surface area contributed by atoms with E-state index in [0.29, 0.717) is 22.2 Å². The Morgan fingerprint density at radius 3 is 2.36 bits per heavy atom. The van der Waals surface area contributed by atoms with Gasteiger partial charge in [-0.25, -0.2) is 4.39 Å². The fourth-order valence-electron chi connectivity index (χ4n) is 2.83. The second kappa shape index (κ2) is 7.44. The number of carbonyl (C=O) groups excluding carboxylic acids is 1. The molecule has 0 aliphatic heterocycles. The Morgan fingerprint density at radius 1 is 0.929 bits per heavy atom. The number of hydrogen-bond donors (Lipinski definition) is 0. The zero-order valence-electron chi connectivity index (χ0n) is 14.7. The number of ketones is 1. The van der Waals surface area contributed by atoms with Crippen molar-refractivity contribution in [1.82, 2.24) is 4.57 Å². The highest BCUT2D eigenvalue weighted by Crippen LogP contribution is 2.12. The number of para-hydroxylation sites is 1. The van der Waals surface area contributed by atoms with Crippen molar-refractivity contribution in [3.8, 4) is 0 Å². The van der Waals surface area contributed by atoms with Crippen LogP contribution in [0.4, 0.5) is 10.1 Å². The van der Waals surface area contributed by atoms with E-state index in [0.717, 1.165) is 0 Å². The first-order chi connectivity index (χ1) is 13.6. The molecule has 138 valence electrons. The molecule has 3 aromatic carbocycles. The number of halogens is 1. The zero-order chi connectivity index (χ0) is 19.5. The minimum atomic E-state index is -0.397. The topological polar surface area (TPSA) is 64.6 Å². The van der Waals surface area contributed by atoms with Crippen molar-refractivity contribution in [1.29, 1.82) is 0 Å². The standard InChI is InChI=1S/C22H15FN2O3/c23-16-10-12-17(13-11-16)24-22-25(14-19(26)15-6-2-1-3-7-15)21(27)18-8-4-5-9-20(18)28-22/h1-13H,14H2. The van der Waals surface area contributed by atoms with E-state index in [1.165, 1.54) is 28.8 Å². The van der Waals surface area contributed by atoms with E-state index in [1.54, 1.807) is 48.5 Å². The molecule has 0 spiro atoms. The number of hydrogen-bond acceptors (Lipinski definition) is 4. The van der Waals surface area contributed by atoms with E-state index >= 15 is 0 Å². The summed E-state index contributed by atoms with van der Waals surface area (Å²) in [6.07, 6.45) is 0. The average Bonchev–Trinajstić information content (AvgIpc) is 2.73. The minimum Gasteiger partial charge on any atom is -0.425 e. The maximum Gasteiger partial charge on any atom is 0.305 e. The summed E-state index contributed by atoms with van der Waals surface area (Å²) in [6.45, 7) is -0.225. The molecule has 6 heteroatoms. The van der Waals surface area contributed by atoms with Gasteiger partial charge < -0.3 is 4.42 Å². The molecule has 28 heavy (non-hydrogen) atoms. The normalized spacial score (nSPS) is 11.7. The number of benzene rings is 3. The summed E-state index contributed by atoms with van der Waals surface area (Å²) in [7, 11) is 0. The van der Waals surface area contributed by atoms with Crippen LogP contribution in [0.5, 0.6) is 0 Å². The molecule has 0 atom stereocenters. The average molecular weight is 374 g/mol. The summed E-state index contributed by atoms with van der Waals surface area (Å²) in [5, 5.41) is 0.349. The number of rotatable bonds is 4. The van der Waals surface area contributed by atoms with Gasteiger partial charge in [0.1, 0.15) is 11.4 Å². The van der Waals surface area contributed by atoms with Crippen molar-refractivity contribution in [2.45, 2.75) is 6.54 Å². The Balaban J connectivity index is 1.90. The van der Waals surface area contributed by atoms with Crippen LogP contribution in [0.1, 0.15) is 10.4 Å². The van der Waals surface area contributed by atoms with Gasteiger partial charge >= 0.3 is 5.68 Å². The van der Waals surface area contributed by atoms with Gasteiger partial charge in [0.15, 0.2) is 5.78 Å². The Kier molecular flexibility index (Phi) is 4.68. The van der Waals surface area contributed by atoms with Crippen LogP contribution in [0, 0.1) is 5.82 Å². The van der Waals surface area contributed by atoms with Gasteiger partial charge in [-0.3, -0.25) is 14.2 Å². The Bertz CT molecular complexity index is 1270. The van der Waals surface area contributed by atoms with Gasteiger partial charge in [0, 0.05) is 5.56 Å². The van der Waals surface area contributed by atoms with Crippen LogP contribution in [-0.2, 0) is 6.54 Å². The van der Waals surface area contributed by atoms with Gasteiger partial charge in [0.05, 0.1) is 17.6 Å². The van der Waals surface area contributed by atoms with E-state index in [-0.39, 0.29) is 23.6 Å². The molecule has 0 fully saturated rings. The smallest absolute Gasteiger partial charge is 0.305 e. The van der Waals surface area contributed by atoms with Crippen LogP contribution in [0.25, 0.3) is 11.0 Å². The second-order valence-corrected chi connectivity index (χ2v) is 6.15. The molecule has 1 heterocycles. The predicted molar refractivity (Wildman–Crippen MR) is 103 cm³/mol. The molecule has 5 nitrogen and oxygen atoms in total. The third kappa shape index (κ3) is 3.53. The molecule has 0 radical (unpaired) electrons. The summed E-state index contributed by atoms with van der Waals surface area (Å²) < 4.78 is 20.2. The lowest BCUT2D eigenvalue weighted by atomic mass is 10.1. The largest absolute Gasteiger partial charge is 0.425 e. The molecule has 0 N–H and O–H groups in total. The highest BCUT2D eigenvalue weighted by Gasteiger charge is 2.13. The van der Waals surface area contributed by atoms with Crippen LogP contribution in [0.2, 0.25) is 0 Å². The Labute approximate surface area is 159 Å². The molecular formula is C22H15FN2O3. The van der Waals surface area contributed by atoms with E-state index in [9.17, 15) is 14.0 Å². The highest BCUT2D eigenvalue weighted by atomic mass is 19.1. The van der Waals surface area contributed by atoms with Crippen molar-refractivity contribution in [2.24, 2.45) is 4.99 Å². The summed E-state index contributed by atoms with van der Waals surface area (Å²) >= 11 is 0. The molecule has 4 aromatic rings. The maximum atomic E-state index is 13.2. The van der Waals surface area contributed by atoms with Crippen LogP contribution < -0.4 is 11.2 Å². The summed E-state index contributed by atoms with van der Waals surface area (Å²) in [4.78, 5) is 30.0. The first kappa shape index (κ1) is 17.6. The Hall–Kier alpha value is -3.80. The lowest BCUT2D eigenvalue weighted by Gasteiger charge is -2.07. The number of Topliss-reactive ketones (excluding diaryl/α,β-unsaturated/α-hetero) is 1. The summed E-state index contributed by atoms with van der Waals surface area (Å²) in [5.74, 6) is -0.644. The van der Waals surface area contributed by atoms with Crippen LogP contribution in [0.15, 0.2) is 93.1 Å². The number of carbonyl (C=O) groups is 1. The van der Waals surface area contributed by atoms with E-state index in [2.05, 4.69) is 4.99 Å². The van der Waals surface area contributed by atoms with Crippen molar-refractivity contribution in [2.75, 3.05) is 0 Å². The molecular weight excluding hydrogens is 359 g/mol. The molecule has 0 unspecified atom stereocenters. The molecule has 4 rings (SSSR count). The van der Waals surface area contributed by atoms with Gasteiger partial charge in [0.25, 0.3) is 5.56 Å². The minimum absolute atomic E-state index is 0.0282. The van der Waals surface area contributed by atoms with Gasteiger partial charge in [0.2, 0.25) is 0 Å². The predicted octanol–water partition coefficient (Wildman–Crippen LogP) is 3.85. The zero-order valence-corrected chi connectivity index (χ0v) is 14.7. The van der Waals surface area contributed by atoms with Gasteiger partial charge in [-0.1, -0.05) is 42.5 Å². The molecule has 1 aromatic heterocycles. The third-order valence-electron chi connectivity index (χ3n) is 4.24. The van der Waals surface area contributed by atoms with Crippen molar-refractivity contribution < 1.29 is 13.6 Å². The van der Waals surface area contributed by atoms with Gasteiger partial charge in [-0.05, 0) is 36.4 Å². The van der Waals surface area contributed by atoms with Crippen LogP contribution >= 0.6 is 0 Å². The monoisotopic (exact) mass is 374 g/mol. The van der Waals surface area contributed by atoms with Crippen molar-refractivity contribution >= 4 is 22.4 Å². The van der Waals surface area contributed by atoms with Gasteiger partial charge in [-0.15, -0.1) is 0 Å². The quantitative estimate of drug-likeness (QED) is 0.510. The van der Waals surface area contributed by atoms with Gasteiger partial charge in [-0.2, -0.15) is 4.99 Å². The first-order valence-corrected chi connectivity index (χ1v) is 8.63. The lowest BCUT2D eigenvalue weighted by Crippen LogP contribution is -2.35. The molecule has 0 bridgehead atoms. The van der Waals surface area contributed by atoms with Crippen molar-refractivity contribution in [3.63, 3.8) is 0 Å². The Morgan fingerprint density at radius 2 is 1.61 bits per heavy atom. The van der Waals surface area contributed by atoms with E-state index in [4.69, 9.17) is 4.42 Å². The third-order valence-corrected chi connectivity index (χ3v) is 4.24. The van der Waals surface area contributed by atoms with Crippen molar-refractivity contribution in [3.05, 3.63) is 106 Å². The molecule has 0 aliphatic carbocycles. The lowest BCUT2D eigenvalue weighted by molar-refractivity contribution is 0.0966. The first-order valence-electron chi connectivity index (χ1n) is 8.63. The van der Waals surface area contributed by atoms with E-state index in [1.807, 2.05) is 6.07 Å². The molecule has 0 aliphatic rings. The highest BCUT2D eigenvalue weighted by molar-refractivity contribution is 5.95. The molecule has 0 saturated heterocycles. The van der Waals surface area contributed by atoms with Crippen LogP contribution in [0.3, 0.4) is 0 Å². The fourth-order valence-corrected chi connectivity index (χ4v) is 2.83. The van der Waals surface area contributed by atoms with E-state index < -0.39 is 5.82 Å². The number of fused-ring (bicyclic) bond motifs is 1.